The van der Waals surface area contributed by atoms with Crippen molar-refractivity contribution in [2.75, 3.05) is 52.5 Å². The predicted octanol–water partition coefficient (Wildman–Crippen LogP) is 3.96. The topological polar surface area (TPSA) is 69.9 Å². The lowest BCUT2D eigenvalue weighted by atomic mass is 10.1. The summed E-state index contributed by atoms with van der Waals surface area (Å²) in [6.07, 6.45) is 0. The number of anilines is 1. The van der Waals surface area contributed by atoms with E-state index in [0.717, 1.165) is 29.9 Å². The van der Waals surface area contributed by atoms with Crippen LogP contribution >= 0.6 is 0 Å². The van der Waals surface area contributed by atoms with Crippen LogP contribution in [0.3, 0.4) is 0 Å². The second kappa shape index (κ2) is 10.2. The van der Waals surface area contributed by atoms with Crippen molar-refractivity contribution in [2.24, 2.45) is 0 Å². The van der Waals surface area contributed by atoms with E-state index < -0.39 is 5.82 Å². The van der Waals surface area contributed by atoms with Gasteiger partial charge >= 0.3 is 0 Å². The number of aromatic nitrogens is 2. The molecule has 1 aromatic heterocycles. The van der Waals surface area contributed by atoms with Crippen LogP contribution in [0.5, 0.6) is 5.75 Å². The lowest BCUT2D eigenvalue weighted by Gasteiger charge is -2.26. The maximum atomic E-state index is 13.7. The molecule has 0 bridgehead atoms. The molecule has 0 aliphatic carbocycles. The van der Waals surface area contributed by atoms with Crippen LogP contribution in [0.25, 0.3) is 22.8 Å². The highest BCUT2D eigenvalue weighted by Gasteiger charge is 2.17. The maximum absolute atomic E-state index is 13.7. The van der Waals surface area contributed by atoms with Gasteiger partial charge in [0, 0.05) is 38.6 Å². The van der Waals surface area contributed by atoms with Crippen molar-refractivity contribution in [3.63, 3.8) is 0 Å². The van der Waals surface area contributed by atoms with E-state index >= 15 is 0 Å². The Labute approximate surface area is 175 Å². The van der Waals surface area contributed by atoms with Crippen LogP contribution in [0, 0.1) is 12.7 Å². The molecule has 0 atom stereocenters. The molecule has 0 spiro atoms. The highest BCUT2D eigenvalue weighted by atomic mass is 19.1. The molecule has 3 aromatic rings. The summed E-state index contributed by atoms with van der Waals surface area (Å²) in [4.78, 5) is 6.65. The average molecular weight is 415 g/mol. The smallest absolute Gasteiger partial charge is 0.258 e. The van der Waals surface area contributed by atoms with Gasteiger partial charge < -0.3 is 23.6 Å². The Balaban J connectivity index is 1.87. The zero-order valence-electron chi connectivity index (χ0n) is 17.6. The standard InChI is InChI=1S/C22H26FN3O4/c1-15-13-16(5-7-19(15)26(9-11-27-2)10-12-28-3)22-24-21(25-30-22)18-14-17(23)6-8-20(18)29-4/h5-8,13-14H,9-12H2,1-4H3. The number of rotatable bonds is 10. The first-order valence-corrected chi connectivity index (χ1v) is 9.58. The number of halogens is 1. The van der Waals surface area contributed by atoms with Gasteiger partial charge in [-0.2, -0.15) is 4.98 Å². The summed E-state index contributed by atoms with van der Waals surface area (Å²) >= 11 is 0. The first-order chi connectivity index (χ1) is 14.6. The highest BCUT2D eigenvalue weighted by Crippen LogP contribution is 2.31. The number of ether oxygens (including phenoxy) is 3. The van der Waals surface area contributed by atoms with Gasteiger partial charge in [0.2, 0.25) is 5.82 Å². The summed E-state index contributed by atoms with van der Waals surface area (Å²) in [5.41, 5.74) is 3.36. The van der Waals surface area contributed by atoms with E-state index in [4.69, 9.17) is 18.7 Å². The van der Waals surface area contributed by atoms with Crippen molar-refractivity contribution >= 4 is 5.69 Å². The Bertz CT molecular complexity index is 969. The van der Waals surface area contributed by atoms with E-state index in [1.165, 1.54) is 25.3 Å². The quantitative estimate of drug-likeness (QED) is 0.496. The molecule has 0 N–H and O–H groups in total. The van der Waals surface area contributed by atoms with Gasteiger partial charge in [-0.05, 0) is 48.9 Å². The molecule has 1 heterocycles. The van der Waals surface area contributed by atoms with Gasteiger partial charge in [0.1, 0.15) is 11.6 Å². The molecule has 30 heavy (non-hydrogen) atoms. The summed E-state index contributed by atoms with van der Waals surface area (Å²) < 4.78 is 34.9. The van der Waals surface area contributed by atoms with Crippen LogP contribution in [0.15, 0.2) is 40.9 Å². The number of nitrogens with zero attached hydrogens (tertiary/aromatic N) is 3. The minimum atomic E-state index is -0.399. The molecule has 0 aliphatic rings. The molecule has 8 heteroatoms. The van der Waals surface area contributed by atoms with E-state index in [9.17, 15) is 4.39 Å². The van der Waals surface area contributed by atoms with Gasteiger partial charge in [-0.25, -0.2) is 4.39 Å². The van der Waals surface area contributed by atoms with E-state index in [2.05, 4.69) is 15.0 Å². The third-order valence-corrected chi connectivity index (χ3v) is 4.74. The lowest BCUT2D eigenvalue weighted by Crippen LogP contribution is -2.31. The predicted molar refractivity (Wildman–Crippen MR) is 112 cm³/mol. The minimum Gasteiger partial charge on any atom is -0.496 e. The number of hydrogen-bond acceptors (Lipinski definition) is 7. The van der Waals surface area contributed by atoms with Crippen molar-refractivity contribution in [3.05, 3.63) is 47.8 Å². The van der Waals surface area contributed by atoms with Gasteiger partial charge in [-0.1, -0.05) is 5.16 Å². The van der Waals surface area contributed by atoms with E-state index in [1.807, 2.05) is 25.1 Å². The summed E-state index contributed by atoms with van der Waals surface area (Å²) in [6, 6.07) is 10.1. The molecule has 0 saturated carbocycles. The molecular formula is C22H26FN3O4. The van der Waals surface area contributed by atoms with Gasteiger partial charge in [-0.3, -0.25) is 0 Å². The fourth-order valence-electron chi connectivity index (χ4n) is 3.20. The molecule has 0 amide bonds. The molecule has 7 nitrogen and oxygen atoms in total. The molecule has 0 radical (unpaired) electrons. The number of aryl methyl sites for hydroxylation is 1. The molecule has 3 rings (SSSR count). The Hall–Kier alpha value is -2.97. The van der Waals surface area contributed by atoms with Crippen molar-refractivity contribution < 1.29 is 23.1 Å². The Morgan fingerprint density at radius 3 is 2.37 bits per heavy atom. The number of hydrogen-bond donors (Lipinski definition) is 0. The third kappa shape index (κ3) is 4.95. The number of benzene rings is 2. The Kier molecular flexibility index (Phi) is 7.37. The SMILES string of the molecule is COCCN(CCOC)c1ccc(-c2nc(-c3cc(F)ccc3OC)no2)cc1C. The molecule has 0 fully saturated rings. The minimum absolute atomic E-state index is 0.268. The van der Waals surface area contributed by atoms with Crippen LogP contribution in [0.1, 0.15) is 5.56 Å². The van der Waals surface area contributed by atoms with Gasteiger partial charge in [0.15, 0.2) is 0 Å². The Morgan fingerprint density at radius 1 is 1.00 bits per heavy atom. The number of methoxy groups -OCH3 is 3. The average Bonchev–Trinajstić information content (AvgIpc) is 3.24. The van der Waals surface area contributed by atoms with Crippen molar-refractivity contribution in [1.82, 2.24) is 10.1 Å². The Morgan fingerprint density at radius 2 is 1.73 bits per heavy atom. The second-order valence-electron chi connectivity index (χ2n) is 6.74. The van der Waals surface area contributed by atoms with Crippen molar-refractivity contribution in [2.45, 2.75) is 6.92 Å². The summed E-state index contributed by atoms with van der Waals surface area (Å²) in [6.45, 7) is 4.77. The molecule has 0 saturated heterocycles. The zero-order chi connectivity index (χ0) is 21.5. The van der Waals surface area contributed by atoms with Crippen LogP contribution in [0.4, 0.5) is 10.1 Å². The van der Waals surface area contributed by atoms with Crippen molar-refractivity contribution in [1.29, 1.82) is 0 Å². The van der Waals surface area contributed by atoms with Gasteiger partial charge in [-0.15, -0.1) is 0 Å². The molecule has 160 valence electrons. The van der Waals surface area contributed by atoms with Gasteiger partial charge in [0.05, 0.1) is 25.9 Å². The van der Waals surface area contributed by atoms with Crippen LogP contribution < -0.4 is 9.64 Å². The first kappa shape index (κ1) is 21.7. The first-order valence-electron chi connectivity index (χ1n) is 9.58. The van der Waals surface area contributed by atoms with Crippen molar-refractivity contribution in [3.8, 4) is 28.6 Å². The highest BCUT2D eigenvalue weighted by molar-refractivity contribution is 5.68. The lowest BCUT2D eigenvalue weighted by molar-refractivity contribution is 0.190. The molecule has 0 aliphatic heterocycles. The third-order valence-electron chi connectivity index (χ3n) is 4.74. The maximum Gasteiger partial charge on any atom is 0.258 e. The van der Waals surface area contributed by atoms with Crippen LogP contribution in [-0.2, 0) is 9.47 Å². The normalized spacial score (nSPS) is 11.0. The molecule has 0 unspecified atom stereocenters. The van der Waals surface area contributed by atoms with E-state index in [-0.39, 0.29) is 5.82 Å². The largest absolute Gasteiger partial charge is 0.496 e. The fraction of sp³-hybridized carbons (Fsp3) is 0.364. The summed E-state index contributed by atoms with van der Waals surface area (Å²) in [5.74, 6) is 0.697. The summed E-state index contributed by atoms with van der Waals surface area (Å²) in [5, 5.41) is 4.00. The monoisotopic (exact) mass is 415 g/mol. The summed E-state index contributed by atoms with van der Waals surface area (Å²) in [7, 11) is 4.88. The van der Waals surface area contributed by atoms with Gasteiger partial charge in [0.25, 0.3) is 5.89 Å². The van der Waals surface area contributed by atoms with Crippen LogP contribution in [-0.4, -0.2) is 57.8 Å². The zero-order valence-corrected chi connectivity index (χ0v) is 17.6. The van der Waals surface area contributed by atoms with E-state index in [1.54, 1.807) is 14.2 Å². The van der Waals surface area contributed by atoms with E-state index in [0.29, 0.717) is 30.4 Å². The van der Waals surface area contributed by atoms with Crippen LogP contribution in [0.2, 0.25) is 0 Å². The molecular weight excluding hydrogens is 389 g/mol. The molecule has 2 aromatic carbocycles. The second-order valence-corrected chi connectivity index (χ2v) is 6.74. The fourth-order valence-corrected chi connectivity index (χ4v) is 3.20.